The van der Waals surface area contributed by atoms with Crippen LogP contribution in [0.25, 0.3) is 6.08 Å². The first-order chi connectivity index (χ1) is 8.25. The highest BCUT2D eigenvalue weighted by molar-refractivity contribution is 9.10. The molecule has 4 heteroatoms. The van der Waals surface area contributed by atoms with E-state index in [1.54, 1.807) is 11.0 Å². The number of carbonyl (C=O) groups excluding carboxylic acids is 1. The Morgan fingerprint density at radius 3 is 2.53 bits per heavy atom. The van der Waals surface area contributed by atoms with Crippen LogP contribution in [0, 0.1) is 0 Å². The summed E-state index contributed by atoms with van der Waals surface area (Å²) in [7, 11) is 0. The molecule has 3 nitrogen and oxygen atoms in total. The molecule has 1 saturated heterocycles. The number of benzene rings is 1. The molecule has 1 aliphatic rings. The molecule has 0 aliphatic carbocycles. The highest BCUT2D eigenvalue weighted by atomic mass is 79.9. The minimum atomic E-state index is 0.0521. The van der Waals surface area contributed by atoms with Crippen molar-refractivity contribution in [1.29, 1.82) is 0 Å². The van der Waals surface area contributed by atoms with Crippen LogP contribution in [-0.2, 0) is 9.53 Å². The predicted octanol–water partition coefficient (Wildman–Crippen LogP) is 2.32. The Hall–Kier alpha value is -1.13. The molecule has 1 aliphatic heterocycles. The van der Waals surface area contributed by atoms with Crippen molar-refractivity contribution in [2.75, 3.05) is 26.3 Å². The molecular weight excluding hydrogens is 282 g/mol. The van der Waals surface area contributed by atoms with Crippen LogP contribution in [0.1, 0.15) is 5.56 Å². The third-order valence-corrected chi connectivity index (χ3v) is 3.14. The number of hydrogen-bond acceptors (Lipinski definition) is 2. The zero-order valence-corrected chi connectivity index (χ0v) is 11.0. The molecule has 0 saturated carbocycles. The average Bonchev–Trinajstić information content (AvgIpc) is 2.39. The Balaban J connectivity index is 1.95. The summed E-state index contributed by atoms with van der Waals surface area (Å²) in [5, 5.41) is 0. The predicted molar refractivity (Wildman–Crippen MR) is 70.6 cm³/mol. The maximum absolute atomic E-state index is 11.8. The summed E-state index contributed by atoms with van der Waals surface area (Å²) in [6.45, 7) is 2.64. The van der Waals surface area contributed by atoms with Crippen molar-refractivity contribution in [3.05, 3.63) is 40.4 Å². The third-order valence-electron chi connectivity index (χ3n) is 2.61. The molecule has 0 aromatic heterocycles. The molecule has 0 radical (unpaired) electrons. The van der Waals surface area contributed by atoms with Crippen molar-refractivity contribution in [1.82, 2.24) is 4.90 Å². The first-order valence-corrected chi connectivity index (χ1v) is 6.35. The van der Waals surface area contributed by atoms with Crippen LogP contribution in [-0.4, -0.2) is 37.1 Å². The lowest BCUT2D eigenvalue weighted by molar-refractivity contribution is -0.129. The van der Waals surface area contributed by atoms with Gasteiger partial charge in [0.2, 0.25) is 5.91 Å². The monoisotopic (exact) mass is 295 g/mol. The summed E-state index contributed by atoms with van der Waals surface area (Å²) < 4.78 is 6.24. The van der Waals surface area contributed by atoms with Gasteiger partial charge in [-0.2, -0.15) is 0 Å². The van der Waals surface area contributed by atoms with Gasteiger partial charge in [-0.3, -0.25) is 4.79 Å². The molecule has 1 heterocycles. The smallest absolute Gasteiger partial charge is 0.246 e. The van der Waals surface area contributed by atoms with Crippen molar-refractivity contribution in [3.8, 4) is 0 Å². The van der Waals surface area contributed by atoms with Gasteiger partial charge in [-0.15, -0.1) is 0 Å². The maximum Gasteiger partial charge on any atom is 0.246 e. The average molecular weight is 296 g/mol. The van der Waals surface area contributed by atoms with Crippen molar-refractivity contribution >= 4 is 27.9 Å². The fourth-order valence-electron chi connectivity index (χ4n) is 1.63. The Kier molecular flexibility index (Phi) is 4.34. The SMILES string of the molecule is O=C(C=Cc1ccc(Br)cc1)N1CCOCC1. The Morgan fingerprint density at radius 2 is 1.88 bits per heavy atom. The molecule has 90 valence electrons. The molecule has 0 bridgehead atoms. The fraction of sp³-hybridized carbons (Fsp3) is 0.308. The summed E-state index contributed by atoms with van der Waals surface area (Å²) in [6, 6.07) is 7.85. The second-order valence-corrected chi connectivity index (χ2v) is 4.74. The molecule has 1 aromatic rings. The zero-order valence-electron chi connectivity index (χ0n) is 9.43. The molecular formula is C13H14BrNO2. The largest absolute Gasteiger partial charge is 0.378 e. The Bertz CT molecular complexity index is 408. The van der Waals surface area contributed by atoms with Gasteiger partial charge >= 0.3 is 0 Å². The van der Waals surface area contributed by atoms with Crippen molar-refractivity contribution in [3.63, 3.8) is 0 Å². The van der Waals surface area contributed by atoms with Gasteiger partial charge in [0.05, 0.1) is 13.2 Å². The van der Waals surface area contributed by atoms with E-state index in [0.717, 1.165) is 10.0 Å². The highest BCUT2D eigenvalue weighted by Crippen LogP contribution is 2.11. The van der Waals surface area contributed by atoms with Gasteiger partial charge in [-0.1, -0.05) is 28.1 Å². The molecule has 0 N–H and O–H groups in total. The standard InChI is InChI=1S/C13H14BrNO2/c14-12-4-1-11(2-5-12)3-6-13(16)15-7-9-17-10-8-15/h1-6H,7-10H2. The fourth-order valence-corrected chi connectivity index (χ4v) is 1.89. The van der Waals surface area contributed by atoms with Crippen molar-refractivity contribution in [2.45, 2.75) is 0 Å². The van der Waals surface area contributed by atoms with Crippen molar-refractivity contribution < 1.29 is 9.53 Å². The number of halogens is 1. The lowest BCUT2D eigenvalue weighted by Crippen LogP contribution is -2.39. The van der Waals surface area contributed by atoms with Gasteiger partial charge in [0.15, 0.2) is 0 Å². The number of carbonyl (C=O) groups is 1. The molecule has 1 amide bonds. The van der Waals surface area contributed by atoms with E-state index in [4.69, 9.17) is 4.74 Å². The highest BCUT2D eigenvalue weighted by Gasteiger charge is 2.13. The van der Waals surface area contributed by atoms with E-state index in [1.807, 2.05) is 30.3 Å². The van der Waals surface area contributed by atoms with E-state index in [0.29, 0.717) is 26.3 Å². The van der Waals surface area contributed by atoms with E-state index in [9.17, 15) is 4.79 Å². The van der Waals surface area contributed by atoms with Gasteiger partial charge in [0.25, 0.3) is 0 Å². The third kappa shape index (κ3) is 3.68. The van der Waals surface area contributed by atoms with Crippen LogP contribution < -0.4 is 0 Å². The molecule has 0 atom stereocenters. The molecule has 0 spiro atoms. The van der Waals surface area contributed by atoms with Crippen LogP contribution in [0.2, 0.25) is 0 Å². The van der Waals surface area contributed by atoms with Gasteiger partial charge in [-0.05, 0) is 23.8 Å². The Labute approximate surface area is 109 Å². The first kappa shape index (κ1) is 12.3. The summed E-state index contributed by atoms with van der Waals surface area (Å²) in [5.74, 6) is 0.0521. The van der Waals surface area contributed by atoms with E-state index < -0.39 is 0 Å². The van der Waals surface area contributed by atoms with Crippen LogP contribution in [0.5, 0.6) is 0 Å². The Morgan fingerprint density at radius 1 is 1.24 bits per heavy atom. The normalized spacial score (nSPS) is 16.4. The minimum Gasteiger partial charge on any atom is -0.378 e. The number of hydrogen-bond donors (Lipinski definition) is 0. The summed E-state index contributed by atoms with van der Waals surface area (Å²) in [5.41, 5.74) is 1.02. The lowest BCUT2D eigenvalue weighted by atomic mass is 10.2. The van der Waals surface area contributed by atoms with E-state index in [-0.39, 0.29) is 5.91 Å². The second kappa shape index (κ2) is 5.98. The maximum atomic E-state index is 11.8. The molecule has 0 unspecified atom stereocenters. The van der Waals surface area contributed by atoms with Crippen LogP contribution in [0.4, 0.5) is 0 Å². The van der Waals surface area contributed by atoms with E-state index in [2.05, 4.69) is 15.9 Å². The van der Waals surface area contributed by atoms with Gasteiger partial charge in [0, 0.05) is 23.6 Å². The second-order valence-electron chi connectivity index (χ2n) is 3.82. The first-order valence-electron chi connectivity index (χ1n) is 5.56. The molecule has 1 aromatic carbocycles. The van der Waals surface area contributed by atoms with Crippen LogP contribution in [0.3, 0.4) is 0 Å². The molecule has 17 heavy (non-hydrogen) atoms. The van der Waals surface area contributed by atoms with Gasteiger partial charge < -0.3 is 9.64 Å². The van der Waals surface area contributed by atoms with E-state index in [1.165, 1.54) is 0 Å². The zero-order chi connectivity index (χ0) is 12.1. The summed E-state index contributed by atoms with van der Waals surface area (Å²) in [6.07, 6.45) is 3.46. The number of nitrogens with zero attached hydrogens (tertiary/aromatic N) is 1. The van der Waals surface area contributed by atoms with Gasteiger partial charge in [0.1, 0.15) is 0 Å². The van der Waals surface area contributed by atoms with Crippen LogP contribution in [0.15, 0.2) is 34.8 Å². The summed E-state index contributed by atoms with van der Waals surface area (Å²) >= 11 is 3.37. The number of amides is 1. The van der Waals surface area contributed by atoms with Gasteiger partial charge in [-0.25, -0.2) is 0 Å². The quantitative estimate of drug-likeness (QED) is 0.784. The molecule has 2 rings (SSSR count). The summed E-state index contributed by atoms with van der Waals surface area (Å²) in [4.78, 5) is 13.6. The molecule has 1 fully saturated rings. The lowest BCUT2D eigenvalue weighted by Gasteiger charge is -2.25. The van der Waals surface area contributed by atoms with E-state index >= 15 is 0 Å². The minimum absolute atomic E-state index is 0.0521. The topological polar surface area (TPSA) is 29.5 Å². The number of rotatable bonds is 2. The number of ether oxygens (including phenoxy) is 1. The van der Waals surface area contributed by atoms with Crippen molar-refractivity contribution in [2.24, 2.45) is 0 Å². The number of morpholine rings is 1. The van der Waals surface area contributed by atoms with Crippen LogP contribution >= 0.6 is 15.9 Å².